The number of nitrogens with one attached hydrogen (secondary N) is 1. The first kappa shape index (κ1) is 7.40. The topological polar surface area (TPSA) is 74.6 Å². The monoisotopic (exact) mass is 148 g/mol. The summed E-state index contributed by atoms with van der Waals surface area (Å²) in [5, 5.41) is 13.7. The molecule has 56 valence electrons. The highest BCUT2D eigenvalue weighted by molar-refractivity contribution is 5.77. The van der Waals surface area contributed by atoms with Crippen LogP contribution in [0.2, 0.25) is 0 Å². The van der Waals surface area contributed by atoms with Crippen molar-refractivity contribution in [3.8, 4) is 0 Å². The molecule has 0 atom stereocenters. The molecule has 0 spiro atoms. The van der Waals surface area contributed by atoms with E-state index in [1.807, 2.05) is 0 Å². The molecule has 0 amide bonds. The molecule has 3 N–H and O–H groups in total. The van der Waals surface area contributed by atoms with Crippen molar-refractivity contribution in [2.45, 2.75) is 0 Å². The van der Waals surface area contributed by atoms with Gasteiger partial charge >= 0.3 is 0 Å². The molecule has 0 heterocycles. The van der Waals surface area contributed by atoms with Gasteiger partial charge in [-0.25, -0.2) is 0 Å². The van der Waals surface area contributed by atoms with Gasteiger partial charge in [0.2, 0.25) is 0 Å². The minimum Gasteiger partial charge on any atom is -0.308 e. The molecular weight excluding hydrogens is 140 g/mol. The molecule has 0 unspecified atom stereocenters. The van der Waals surface area contributed by atoms with Crippen LogP contribution in [0.3, 0.4) is 0 Å². The van der Waals surface area contributed by atoms with Gasteiger partial charge in [0.25, 0.3) is 0 Å². The molecule has 0 saturated heterocycles. The molecule has 0 radical (unpaired) electrons. The highest BCUT2D eigenvalue weighted by Crippen LogP contribution is 2.11. The lowest BCUT2D eigenvalue weighted by Gasteiger charge is -1.91. The number of hydrogen-bond donors (Lipinski definition) is 2. The maximum atomic E-state index is 6.91. The van der Waals surface area contributed by atoms with Crippen molar-refractivity contribution >= 4 is 11.9 Å². The predicted octanol–water partition coefficient (Wildman–Crippen LogP) is 1.64. The molecular formula is C7H8N4. The van der Waals surface area contributed by atoms with Crippen LogP contribution in [0, 0.1) is 5.41 Å². The Hall–Kier alpha value is -1.71. The largest absolute Gasteiger partial charge is 0.308 e. The lowest BCUT2D eigenvalue weighted by Crippen LogP contribution is -1.77. The van der Waals surface area contributed by atoms with E-state index in [0.717, 1.165) is 5.56 Å². The van der Waals surface area contributed by atoms with Crippen LogP contribution in [0.1, 0.15) is 5.56 Å². The molecule has 4 nitrogen and oxygen atoms in total. The number of rotatable bonds is 2. The van der Waals surface area contributed by atoms with Gasteiger partial charge < -0.3 is 11.3 Å². The molecule has 4 heteroatoms. The zero-order chi connectivity index (χ0) is 8.10. The summed E-state index contributed by atoms with van der Waals surface area (Å²) in [6.45, 7) is 0. The van der Waals surface area contributed by atoms with E-state index in [1.54, 1.807) is 24.3 Å². The second kappa shape index (κ2) is 3.46. The third kappa shape index (κ3) is 1.86. The summed E-state index contributed by atoms with van der Waals surface area (Å²) in [4.78, 5) is 0. The Labute approximate surface area is 64.2 Å². The Morgan fingerprint density at radius 2 is 1.91 bits per heavy atom. The Bertz CT molecular complexity index is 262. The standard InChI is InChI=1S/C7H8N4/c8-5-6-1-3-7(4-2-6)10-11-9/h1-5,8H,(H2,9,10). The zero-order valence-corrected chi connectivity index (χ0v) is 5.86. The molecule has 0 fully saturated rings. The second-order valence-corrected chi connectivity index (χ2v) is 1.95. The van der Waals surface area contributed by atoms with Gasteiger partial charge in [0, 0.05) is 6.21 Å². The van der Waals surface area contributed by atoms with Crippen molar-refractivity contribution in [1.29, 1.82) is 5.41 Å². The molecule has 0 saturated carbocycles. The third-order valence-electron chi connectivity index (χ3n) is 1.23. The highest BCUT2D eigenvalue weighted by Gasteiger charge is 1.88. The average Bonchev–Trinajstić information content (AvgIpc) is 2.07. The Morgan fingerprint density at radius 1 is 1.27 bits per heavy atom. The first-order valence-electron chi connectivity index (χ1n) is 3.08. The normalized spacial score (nSPS) is 10.2. The summed E-state index contributed by atoms with van der Waals surface area (Å²) >= 11 is 0. The Balaban J connectivity index is 2.91. The first-order valence-corrected chi connectivity index (χ1v) is 3.08. The molecule has 0 aliphatic rings. The van der Waals surface area contributed by atoms with E-state index in [4.69, 9.17) is 11.3 Å². The van der Waals surface area contributed by atoms with E-state index in [-0.39, 0.29) is 0 Å². The molecule has 1 aromatic carbocycles. The Kier molecular flexibility index (Phi) is 2.32. The average molecular weight is 148 g/mol. The summed E-state index contributed by atoms with van der Waals surface area (Å²) in [5.41, 5.74) is 1.53. The van der Waals surface area contributed by atoms with Gasteiger partial charge in [0.1, 0.15) is 0 Å². The van der Waals surface area contributed by atoms with E-state index in [1.165, 1.54) is 6.21 Å². The van der Waals surface area contributed by atoms with Crippen molar-refractivity contribution in [2.75, 3.05) is 0 Å². The SMILES string of the molecule is N=Cc1ccc(N=NN)cc1. The van der Waals surface area contributed by atoms with Crippen molar-refractivity contribution in [2.24, 2.45) is 16.2 Å². The fourth-order valence-electron chi connectivity index (χ4n) is 0.704. The number of nitrogens with two attached hydrogens (primary N) is 1. The van der Waals surface area contributed by atoms with Crippen LogP contribution in [0.4, 0.5) is 5.69 Å². The number of nitrogens with zero attached hydrogens (tertiary/aromatic N) is 2. The molecule has 1 rings (SSSR count). The number of hydrogen-bond acceptors (Lipinski definition) is 3. The summed E-state index contributed by atoms with van der Waals surface area (Å²) in [6, 6.07) is 7.04. The van der Waals surface area contributed by atoms with Crippen molar-refractivity contribution in [3.05, 3.63) is 29.8 Å². The quantitative estimate of drug-likeness (QED) is 0.284. The fraction of sp³-hybridized carbons (Fsp3) is 0. The van der Waals surface area contributed by atoms with E-state index in [0.29, 0.717) is 5.69 Å². The van der Waals surface area contributed by atoms with Crippen LogP contribution in [0.25, 0.3) is 0 Å². The summed E-state index contributed by atoms with van der Waals surface area (Å²) in [6.07, 6.45) is 1.27. The van der Waals surface area contributed by atoms with Gasteiger partial charge in [0.15, 0.2) is 0 Å². The van der Waals surface area contributed by atoms with E-state index in [9.17, 15) is 0 Å². The highest BCUT2D eigenvalue weighted by atomic mass is 15.3. The fourth-order valence-corrected chi connectivity index (χ4v) is 0.704. The lowest BCUT2D eigenvalue weighted by atomic mass is 10.2. The molecule has 11 heavy (non-hydrogen) atoms. The maximum Gasteiger partial charge on any atom is 0.0874 e. The Morgan fingerprint density at radius 3 is 2.36 bits per heavy atom. The van der Waals surface area contributed by atoms with Gasteiger partial charge in [-0.1, -0.05) is 17.4 Å². The maximum absolute atomic E-state index is 6.91. The van der Waals surface area contributed by atoms with Crippen LogP contribution in [-0.4, -0.2) is 6.21 Å². The predicted molar refractivity (Wildman–Crippen MR) is 43.0 cm³/mol. The third-order valence-corrected chi connectivity index (χ3v) is 1.23. The van der Waals surface area contributed by atoms with Gasteiger partial charge in [0.05, 0.1) is 5.69 Å². The molecule has 0 aromatic heterocycles. The van der Waals surface area contributed by atoms with Gasteiger partial charge in [-0.15, -0.1) is 5.11 Å². The van der Waals surface area contributed by atoms with Crippen LogP contribution >= 0.6 is 0 Å². The molecule has 0 bridgehead atoms. The van der Waals surface area contributed by atoms with Crippen molar-refractivity contribution in [3.63, 3.8) is 0 Å². The summed E-state index contributed by atoms with van der Waals surface area (Å²) in [5.74, 6) is 4.84. The first-order chi connectivity index (χ1) is 5.36. The van der Waals surface area contributed by atoms with Crippen molar-refractivity contribution in [1.82, 2.24) is 0 Å². The zero-order valence-electron chi connectivity index (χ0n) is 5.86. The van der Waals surface area contributed by atoms with Crippen molar-refractivity contribution < 1.29 is 0 Å². The van der Waals surface area contributed by atoms with Crippen LogP contribution in [0.5, 0.6) is 0 Å². The number of benzene rings is 1. The molecule has 0 aliphatic heterocycles. The van der Waals surface area contributed by atoms with Crippen LogP contribution in [-0.2, 0) is 0 Å². The van der Waals surface area contributed by atoms with Crippen LogP contribution in [0.15, 0.2) is 34.6 Å². The molecule has 0 aliphatic carbocycles. The molecule has 1 aromatic rings. The summed E-state index contributed by atoms with van der Waals surface area (Å²) < 4.78 is 0. The minimum absolute atomic E-state index is 0.693. The smallest absolute Gasteiger partial charge is 0.0874 e. The van der Waals surface area contributed by atoms with Gasteiger partial charge in [-0.05, 0) is 17.7 Å². The van der Waals surface area contributed by atoms with Gasteiger partial charge in [-0.2, -0.15) is 0 Å². The summed E-state index contributed by atoms with van der Waals surface area (Å²) in [7, 11) is 0. The minimum atomic E-state index is 0.693. The van der Waals surface area contributed by atoms with Gasteiger partial charge in [-0.3, -0.25) is 0 Å². The lowest BCUT2D eigenvalue weighted by molar-refractivity contribution is 1.06. The van der Waals surface area contributed by atoms with E-state index >= 15 is 0 Å². The van der Waals surface area contributed by atoms with E-state index < -0.39 is 0 Å². The second-order valence-electron chi connectivity index (χ2n) is 1.95. The van der Waals surface area contributed by atoms with E-state index in [2.05, 4.69) is 10.3 Å². The van der Waals surface area contributed by atoms with Crippen LogP contribution < -0.4 is 5.84 Å².